The number of nitrogens with zero attached hydrogens (tertiary/aromatic N) is 2. The number of halogens is 1. The summed E-state index contributed by atoms with van der Waals surface area (Å²) in [7, 11) is 3.20. The van der Waals surface area contributed by atoms with Gasteiger partial charge in [0.1, 0.15) is 23.6 Å². The Hall–Kier alpha value is -3.51. The summed E-state index contributed by atoms with van der Waals surface area (Å²) in [6, 6.07) is 21.0. The van der Waals surface area contributed by atoms with Crippen LogP contribution in [0, 0.1) is 0 Å². The maximum absolute atomic E-state index is 5.83. The van der Waals surface area contributed by atoms with E-state index in [2.05, 4.69) is 15.3 Å². The summed E-state index contributed by atoms with van der Waals surface area (Å²) in [5.41, 5.74) is 1.63. The fraction of sp³-hybridized carbons (Fsp3) is 0.0909. The summed E-state index contributed by atoms with van der Waals surface area (Å²) in [6.07, 6.45) is 1.52. The minimum Gasteiger partial charge on any atom is -0.493 e. The molecule has 3 aromatic carbocycles. The van der Waals surface area contributed by atoms with Crippen molar-refractivity contribution in [2.75, 3.05) is 19.5 Å². The van der Waals surface area contributed by atoms with Crippen molar-refractivity contribution in [2.45, 2.75) is 0 Å². The van der Waals surface area contributed by atoms with Gasteiger partial charge in [0.2, 0.25) is 0 Å². The van der Waals surface area contributed by atoms with E-state index >= 15 is 0 Å². The lowest BCUT2D eigenvalue weighted by atomic mass is 10.2. The second-order valence-electron chi connectivity index (χ2n) is 5.98. The van der Waals surface area contributed by atoms with Crippen molar-refractivity contribution in [3.8, 4) is 23.0 Å². The Morgan fingerprint density at radius 3 is 2.17 bits per heavy atom. The average Bonchev–Trinajstić information content (AvgIpc) is 2.75. The van der Waals surface area contributed by atoms with Crippen molar-refractivity contribution in [3.05, 3.63) is 73.1 Å². The van der Waals surface area contributed by atoms with Gasteiger partial charge in [-0.15, -0.1) is 12.4 Å². The van der Waals surface area contributed by atoms with Crippen LogP contribution in [0.5, 0.6) is 23.0 Å². The van der Waals surface area contributed by atoms with E-state index in [0.717, 1.165) is 28.1 Å². The zero-order chi connectivity index (χ0) is 19.3. The Morgan fingerprint density at radius 1 is 0.759 bits per heavy atom. The molecule has 1 heterocycles. The van der Waals surface area contributed by atoms with Gasteiger partial charge < -0.3 is 19.5 Å². The summed E-state index contributed by atoms with van der Waals surface area (Å²) in [5, 5.41) is 4.08. The molecule has 4 rings (SSSR count). The normalized spacial score (nSPS) is 10.1. The third kappa shape index (κ3) is 4.33. The number of benzene rings is 3. The number of methoxy groups -OCH3 is 2. The maximum atomic E-state index is 5.83. The van der Waals surface area contributed by atoms with Crippen LogP contribution in [-0.4, -0.2) is 24.2 Å². The van der Waals surface area contributed by atoms with Crippen LogP contribution in [0.2, 0.25) is 0 Å². The molecule has 1 N–H and O–H groups in total. The third-order valence-electron chi connectivity index (χ3n) is 4.24. The first-order chi connectivity index (χ1) is 13.8. The van der Waals surface area contributed by atoms with Gasteiger partial charge in [-0.1, -0.05) is 18.2 Å². The van der Waals surface area contributed by atoms with E-state index < -0.39 is 0 Å². The van der Waals surface area contributed by atoms with Crippen molar-refractivity contribution in [2.24, 2.45) is 0 Å². The number of rotatable bonds is 6. The molecule has 0 spiro atoms. The van der Waals surface area contributed by atoms with Gasteiger partial charge in [-0.2, -0.15) is 0 Å². The molecule has 4 aromatic rings. The summed E-state index contributed by atoms with van der Waals surface area (Å²) in [6.45, 7) is 0. The Balaban J connectivity index is 0.00000240. The number of hydrogen-bond donors (Lipinski definition) is 1. The maximum Gasteiger partial charge on any atom is 0.173 e. The van der Waals surface area contributed by atoms with E-state index in [4.69, 9.17) is 14.2 Å². The Bertz CT molecular complexity index is 1090. The summed E-state index contributed by atoms with van der Waals surface area (Å²) >= 11 is 0. The van der Waals surface area contributed by atoms with Crippen LogP contribution in [0.15, 0.2) is 73.1 Å². The van der Waals surface area contributed by atoms with E-state index in [1.54, 1.807) is 14.2 Å². The molecular formula is C22H20ClN3O3. The number of fused-ring (bicyclic) bond motifs is 1. The molecule has 1 aromatic heterocycles. The van der Waals surface area contributed by atoms with E-state index in [-0.39, 0.29) is 12.4 Å². The lowest BCUT2D eigenvalue weighted by Gasteiger charge is -2.14. The highest BCUT2D eigenvalue weighted by Gasteiger charge is 2.15. The number of aromatic nitrogens is 2. The predicted molar refractivity (Wildman–Crippen MR) is 116 cm³/mol. The summed E-state index contributed by atoms with van der Waals surface area (Å²) in [5.74, 6) is 3.40. The smallest absolute Gasteiger partial charge is 0.173 e. The number of ether oxygens (including phenoxy) is 3. The first kappa shape index (κ1) is 20.2. The lowest BCUT2D eigenvalue weighted by Crippen LogP contribution is -1.99. The van der Waals surface area contributed by atoms with E-state index in [0.29, 0.717) is 17.3 Å². The van der Waals surface area contributed by atoms with Crippen LogP contribution in [0.3, 0.4) is 0 Å². The molecule has 0 aliphatic carbocycles. The fourth-order valence-electron chi connectivity index (χ4n) is 2.93. The molecule has 0 radical (unpaired) electrons. The number of para-hydroxylation sites is 1. The number of nitrogens with one attached hydrogen (secondary N) is 1. The Kier molecular flexibility index (Phi) is 6.36. The molecule has 0 aliphatic heterocycles. The molecule has 0 aliphatic rings. The van der Waals surface area contributed by atoms with Crippen molar-refractivity contribution >= 4 is 34.8 Å². The molecule has 0 atom stereocenters. The second-order valence-corrected chi connectivity index (χ2v) is 5.98. The van der Waals surface area contributed by atoms with Crippen LogP contribution >= 0.6 is 12.4 Å². The van der Waals surface area contributed by atoms with E-state index in [1.165, 1.54) is 6.33 Å². The van der Waals surface area contributed by atoms with E-state index in [1.807, 2.05) is 66.7 Å². The summed E-state index contributed by atoms with van der Waals surface area (Å²) < 4.78 is 16.8. The lowest BCUT2D eigenvalue weighted by molar-refractivity contribution is 0.358. The number of anilines is 2. The first-order valence-corrected chi connectivity index (χ1v) is 8.74. The monoisotopic (exact) mass is 409 g/mol. The number of hydrogen-bond acceptors (Lipinski definition) is 6. The molecule has 0 amide bonds. The molecule has 0 saturated carbocycles. The quantitative estimate of drug-likeness (QED) is 0.447. The minimum atomic E-state index is 0. The largest absolute Gasteiger partial charge is 0.493 e. The Morgan fingerprint density at radius 2 is 1.48 bits per heavy atom. The zero-order valence-electron chi connectivity index (χ0n) is 16.0. The van der Waals surface area contributed by atoms with Gasteiger partial charge in [-0.05, 0) is 48.5 Å². The van der Waals surface area contributed by atoms with Crippen molar-refractivity contribution < 1.29 is 14.2 Å². The van der Waals surface area contributed by atoms with Gasteiger partial charge in [0.15, 0.2) is 11.5 Å². The molecule has 0 bridgehead atoms. The highest BCUT2D eigenvalue weighted by atomic mass is 35.5. The highest BCUT2D eigenvalue weighted by Crippen LogP contribution is 2.38. The van der Waals surface area contributed by atoms with Gasteiger partial charge in [0.25, 0.3) is 0 Å². The highest BCUT2D eigenvalue weighted by molar-refractivity contribution is 5.97. The molecule has 29 heavy (non-hydrogen) atoms. The van der Waals surface area contributed by atoms with E-state index in [9.17, 15) is 0 Å². The molecule has 7 heteroatoms. The summed E-state index contributed by atoms with van der Waals surface area (Å²) in [4.78, 5) is 8.71. The predicted octanol–water partition coefficient (Wildman–Crippen LogP) is 5.60. The third-order valence-corrected chi connectivity index (χ3v) is 4.24. The van der Waals surface area contributed by atoms with Gasteiger partial charge in [-0.3, -0.25) is 0 Å². The average molecular weight is 410 g/mol. The van der Waals surface area contributed by atoms with Gasteiger partial charge in [-0.25, -0.2) is 9.97 Å². The fourth-order valence-corrected chi connectivity index (χ4v) is 2.93. The SMILES string of the molecule is COc1ccc2ncnc(Nc3ccc(Oc4ccccc4)cc3)c2c1OC.Cl. The van der Waals surface area contributed by atoms with Gasteiger partial charge in [0, 0.05) is 5.69 Å². The minimum absolute atomic E-state index is 0. The standard InChI is InChI=1S/C22H19N3O3.ClH/c1-26-19-13-12-18-20(21(19)27-2)22(24-14-23-18)25-15-8-10-17(11-9-15)28-16-6-4-3-5-7-16;/h3-14H,1-2H3,(H,23,24,25);1H. The van der Waals surface area contributed by atoms with Crippen LogP contribution in [0.1, 0.15) is 0 Å². The van der Waals surface area contributed by atoms with Crippen molar-refractivity contribution in [3.63, 3.8) is 0 Å². The van der Waals surface area contributed by atoms with Crippen LogP contribution in [0.4, 0.5) is 11.5 Å². The first-order valence-electron chi connectivity index (χ1n) is 8.74. The molecule has 6 nitrogen and oxygen atoms in total. The zero-order valence-corrected chi connectivity index (χ0v) is 16.8. The van der Waals surface area contributed by atoms with Crippen LogP contribution in [-0.2, 0) is 0 Å². The van der Waals surface area contributed by atoms with Crippen molar-refractivity contribution in [1.29, 1.82) is 0 Å². The van der Waals surface area contributed by atoms with Crippen LogP contribution in [0.25, 0.3) is 10.9 Å². The molecule has 0 saturated heterocycles. The Labute approximate surface area is 174 Å². The topological polar surface area (TPSA) is 65.5 Å². The molecule has 148 valence electrons. The van der Waals surface area contributed by atoms with Crippen molar-refractivity contribution in [1.82, 2.24) is 9.97 Å². The molecule has 0 fully saturated rings. The molecular weight excluding hydrogens is 390 g/mol. The molecule has 0 unspecified atom stereocenters. The second kappa shape index (κ2) is 9.12. The van der Waals surface area contributed by atoms with Gasteiger partial charge in [0.05, 0.1) is 25.1 Å². The van der Waals surface area contributed by atoms with Crippen LogP contribution < -0.4 is 19.5 Å². The van der Waals surface area contributed by atoms with Gasteiger partial charge >= 0.3 is 0 Å².